The first-order valence-electron chi connectivity index (χ1n) is 5.49. The Morgan fingerprint density at radius 2 is 2.12 bits per heavy atom. The van der Waals surface area contributed by atoms with Crippen molar-refractivity contribution in [2.75, 3.05) is 6.54 Å². The van der Waals surface area contributed by atoms with E-state index in [-0.39, 0.29) is 18.7 Å². The number of nitrogens with zero attached hydrogens (tertiary/aromatic N) is 1. The predicted octanol–water partition coefficient (Wildman–Crippen LogP) is 0.550. The van der Waals surface area contributed by atoms with Gasteiger partial charge in [0, 0.05) is 24.2 Å². The Morgan fingerprint density at radius 3 is 2.65 bits per heavy atom. The Bertz CT molecular complexity index is 393. The lowest BCUT2D eigenvalue weighted by Crippen LogP contribution is -2.26. The van der Waals surface area contributed by atoms with E-state index in [1.165, 1.54) is 0 Å². The number of aryl methyl sites for hydroxylation is 2. The highest BCUT2D eigenvalue weighted by atomic mass is 16.4. The van der Waals surface area contributed by atoms with Gasteiger partial charge in [-0.05, 0) is 20.3 Å². The largest absolute Gasteiger partial charge is 0.481 e. The van der Waals surface area contributed by atoms with Crippen LogP contribution in [0.1, 0.15) is 29.8 Å². The first-order chi connectivity index (χ1) is 8.00. The Labute approximate surface area is 99.4 Å². The van der Waals surface area contributed by atoms with Crippen LogP contribution in [0.4, 0.5) is 0 Å². The first-order valence-corrected chi connectivity index (χ1v) is 5.49. The van der Waals surface area contributed by atoms with E-state index in [1.807, 2.05) is 13.8 Å². The molecule has 6 nitrogen and oxygen atoms in total. The molecular weight excluding hydrogens is 222 g/mol. The molecule has 17 heavy (non-hydrogen) atoms. The molecule has 0 spiro atoms. The summed E-state index contributed by atoms with van der Waals surface area (Å²) in [5.41, 5.74) is 2.62. The average molecular weight is 239 g/mol. The summed E-state index contributed by atoms with van der Waals surface area (Å²) in [7, 11) is 0. The number of aliphatic carboxylic acids is 1. The highest BCUT2D eigenvalue weighted by Crippen LogP contribution is 2.09. The molecule has 0 unspecified atom stereocenters. The molecule has 0 saturated carbocycles. The number of rotatable bonds is 6. The van der Waals surface area contributed by atoms with Crippen LogP contribution in [0.5, 0.6) is 0 Å². The van der Waals surface area contributed by atoms with Crippen molar-refractivity contribution in [3.05, 3.63) is 17.0 Å². The number of aromatic amines is 1. The van der Waals surface area contributed by atoms with Crippen molar-refractivity contribution in [1.29, 1.82) is 0 Å². The number of amides is 1. The van der Waals surface area contributed by atoms with Crippen LogP contribution in [0.2, 0.25) is 0 Å². The van der Waals surface area contributed by atoms with E-state index >= 15 is 0 Å². The molecule has 1 aromatic heterocycles. The summed E-state index contributed by atoms with van der Waals surface area (Å²) >= 11 is 0. The van der Waals surface area contributed by atoms with Gasteiger partial charge in [0.2, 0.25) is 5.91 Å². The maximum absolute atomic E-state index is 11.6. The zero-order valence-corrected chi connectivity index (χ0v) is 10.0. The van der Waals surface area contributed by atoms with Crippen molar-refractivity contribution in [2.24, 2.45) is 0 Å². The number of aromatic nitrogens is 2. The number of carboxylic acids is 1. The predicted molar refractivity (Wildman–Crippen MR) is 61.6 cm³/mol. The van der Waals surface area contributed by atoms with Crippen molar-refractivity contribution in [3.8, 4) is 0 Å². The maximum atomic E-state index is 11.6. The molecule has 1 amide bonds. The highest BCUT2D eigenvalue weighted by molar-refractivity contribution is 5.79. The standard InChI is InChI=1S/C11H17N3O3/c1-7-9(8(2)14-13-7)6-10(15)12-5-3-4-11(16)17/h3-6H2,1-2H3,(H,12,15)(H,13,14)(H,16,17). The number of carbonyl (C=O) groups excluding carboxylic acids is 1. The molecule has 1 heterocycles. The summed E-state index contributed by atoms with van der Waals surface area (Å²) in [6.45, 7) is 4.10. The molecule has 0 aliphatic heterocycles. The van der Waals surface area contributed by atoms with Crippen LogP contribution in [-0.2, 0) is 16.0 Å². The topological polar surface area (TPSA) is 95.1 Å². The van der Waals surface area contributed by atoms with Crippen LogP contribution in [0, 0.1) is 13.8 Å². The minimum atomic E-state index is -0.847. The van der Waals surface area contributed by atoms with Crippen LogP contribution in [0.25, 0.3) is 0 Å². The number of nitrogens with one attached hydrogen (secondary N) is 2. The van der Waals surface area contributed by atoms with Crippen LogP contribution < -0.4 is 5.32 Å². The molecule has 0 aliphatic rings. The van der Waals surface area contributed by atoms with E-state index in [4.69, 9.17) is 5.11 Å². The second kappa shape index (κ2) is 6.03. The smallest absolute Gasteiger partial charge is 0.303 e. The number of hydrogen-bond donors (Lipinski definition) is 3. The zero-order chi connectivity index (χ0) is 12.8. The van der Waals surface area contributed by atoms with E-state index in [2.05, 4.69) is 15.5 Å². The Morgan fingerprint density at radius 1 is 1.41 bits per heavy atom. The number of carbonyl (C=O) groups is 2. The molecule has 0 aromatic carbocycles. The van der Waals surface area contributed by atoms with Gasteiger partial charge in [0.05, 0.1) is 12.1 Å². The third-order valence-corrected chi connectivity index (χ3v) is 2.51. The van der Waals surface area contributed by atoms with Gasteiger partial charge in [0.1, 0.15) is 0 Å². The lowest BCUT2D eigenvalue weighted by atomic mass is 10.1. The highest BCUT2D eigenvalue weighted by Gasteiger charge is 2.10. The zero-order valence-electron chi connectivity index (χ0n) is 10.0. The van der Waals surface area contributed by atoms with Gasteiger partial charge in [-0.1, -0.05) is 0 Å². The van der Waals surface area contributed by atoms with Gasteiger partial charge in [-0.15, -0.1) is 0 Å². The normalized spacial score (nSPS) is 10.2. The van der Waals surface area contributed by atoms with Crippen LogP contribution in [-0.4, -0.2) is 33.7 Å². The van der Waals surface area contributed by atoms with Crippen LogP contribution in [0.15, 0.2) is 0 Å². The average Bonchev–Trinajstić information content (AvgIpc) is 2.56. The first kappa shape index (κ1) is 13.2. The quantitative estimate of drug-likeness (QED) is 0.632. The number of carboxylic acid groups (broad SMARTS) is 1. The molecule has 0 aliphatic carbocycles. The maximum Gasteiger partial charge on any atom is 0.303 e. The van der Waals surface area contributed by atoms with Crippen LogP contribution >= 0.6 is 0 Å². The van der Waals surface area contributed by atoms with Crippen molar-refractivity contribution in [2.45, 2.75) is 33.1 Å². The molecule has 6 heteroatoms. The summed E-state index contributed by atoms with van der Waals surface area (Å²) < 4.78 is 0. The SMILES string of the molecule is Cc1n[nH]c(C)c1CC(=O)NCCCC(=O)O. The van der Waals surface area contributed by atoms with Gasteiger partial charge in [0.25, 0.3) is 0 Å². The van der Waals surface area contributed by atoms with E-state index in [1.54, 1.807) is 0 Å². The fourth-order valence-electron chi connectivity index (χ4n) is 1.52. The van der Waals surface area contributed by atoms with Gasteiger partial charge in [-0.25, -0.2) is 0 Å². The summed E-state index contributed by atoms with van der Waals surface area (Å²) in [5.74, 6) is -0.955. The lowest BCUT2D eigenvalue weighted by Gasteiger charge is -2.04. The fraction of sp³-hybridized carbons (Fsp3) is 0.545. The van der Waals surface area contributed by atoms with Crippen molar-refractivity contribution in [1.82, 2.24) is 15.5 Å². The van der Waals surface area contributed by atoms with E-state index < -0.39 is 5.97 Å². The molecule has 0 saturated heterocycles. The molecule has 3 N–H and O–H groups in total. The van der Waals surface area contributed by atoms with Gasteiger partial charge in [0.15, 0.2) is 0 Å². The summed E-state index contributed by atoms with van der Waals surface area (Å²) in [6, 6.07) is 0. The minimum absolute atomic E-state index is 0.0735. The molecule has 1 aromatic rings. The Hall–Kier alpha value is -1.85. The van der Waals surface area contributed by atoms with Crippen LogP contribution in [0.3, 0.4) is 0 Å². The number of H-pyrrole nitrogens is 1. The molecule has 1 rings (SSSR count). The molecule has 0 atom stereocenters. The van der Waals surface area contributed by atoms with Gasteiger partial charge < -0.3 is 10.4 Å². The van der Waals surface area contributed by atoms with E-state index in [9.17, 15) is 9.59 Å². The molecule has 0 radical (unpaired) electrons. The third-order valence-electron chi connectivity index (χ3n) is 2.51. The van der Waals surface area contributed by atoms with E-state index in [0.29, 0.717) is 13.0 Å². The molecule has 0 bridgehead atoms. The van der Waals surface area contributed by atoms with Crippen molar-refractivity contribution in [3.63, 3.8) is 0 Å². The molecule has 94 valence electrons. The van der Waals surface area contributed by atoms with Gasteiger partial charge in [-0.3, -0.25) is 14.7 Å². The third kappa shape index (κ3) is 4.26. The van der Waals surface area contributed by atoms with Crippen molar-refractivity contribution >= 4 is 11.9 Å². The van der Waals surface area contributed by atoms with Crippen molar-refractivity contribution < 1.29 is 14.7 Å². The molecular formula is C11H17N3O3. The second-order valence-electron chi connectivity index (χ2n) is 3.94. The summed E-state index contributed by atoms with van der Waals surface area (Å²) in [4.78, 5) is 21.8. The summed E-state index contributed by atoms with van der Waals surface area (Å²) in [6.07, 6.45) is 0.801. The minimum Gasteiger partial charge on any atom is -0.481 e. The van der Waals surface area contributed by atoms with Gasteiger partial charge >= 0.3 is 5.97 Å². The fourth-order valence-corrected chi connectivity index (χ4v) is 1.52. The number of hydrogen-bond acceptors (Lipinski definition) is 3. The summed E-state index contributed by atoms with van der Waals surface area (Å²) in [5, 5.41) is 17.9. The van der Waals surface area contributed by atoms with Gasteiger partial charge in [-0.2, -0.15) is 5.10 Å². The lowest BCUT2D eigenvalue weighted by molar-refractivity contribution is -0.137. The second-order valence-corrected chi connectivity index (χ2v) is 3.94. The van der Waals surface area contributed by atoms with E-state index in [0.717, 1.165) is 17.0 Å². The molecule has 0 fully saturated rings. The monoisotopic (exact) mass is 239 g/mol. The Kier molecular flexibility index (Phi) is 4.68. The Balaban J connectivity index is 2.33.